The van der Waals surface area contributed by atoms with Gasteiger partial charge in [0.2, 0.25) is 6.54 Å². The number of nitrogens with one attached hydrogen (secondary N) is 1. The van der Waals surface area contributed by atoms with Crippen molar-refractivity contribution in [1.29, 1.82) is 0 Å². The third-order valence-electron chi connectivity index (χ3n) is 4.15. The van der Waals surface area contributed by atoms with Crippen LogP contribution in [0.25, 0.3) is 0 Å². The smallest absolute Gasteiger partial charge is 0.290 e. The Morgan fingerprint density at radius 2 is 1.65 bits per heavy atom. The third kappa shape index (κ3) is 4.70. The molecule has 0 aliphatic carbocycles. The maximum absolute atomic E-state index is 12.3. The monoisotopic (exact) mass is 347 g/mol. The highest BCUT2D eigenvalue weighted by Gasteiger charge is 2.13. The fourth-order valence-electron chi connectivity index (χ4n) is 2.63. The predicted octanol–water partition coefficient (Wildman–Crippen LogP) is 4.28. The lowest BCUT2D eigenvalue weighted by molar-refractivity contribution is -0.690. The fraction of sp³-hybridized carbons (Fsp3) is 0.182. The molecule has 1 amide bonds. The summed E-state index contributed by atoms with van der Waals surface area (Å²) < 4.78 is 7.73. The fourth-order valence-corrected chi connectivity index (χ4v) is 2.63. The first-order chi connectivity index (χ1) is 12.6. The minimum absolute atomic E-state index is 0.0527. The lowest BCUT2D eigenvalue weighted by atomic mass is 10.2. The van der Waals surface area contributed by atoms with E-state index in [0.717, 1.165) is 29.3 Å². The van der Waals surface area contributed by atoms with E-state index in [1.165, 1.54) is 5.56 Å². The number of amides is 1. The van der Waals surface area contributed by atoms with Gasteiger partial charge in [-0.3, -0.25) is 4.79 Å². The summed E-state index contributed by atoms with van der Waals surface area (Å²) in [6.45, 7) is 4.40. The number of anilines is 1. The number of ether oxygens (including phenoxy) is 1. The SMILES string of the molecule is CCc1ccc(C)[n+](CC(=O)Nc2ccc(Oc3ccccc3)cc2)c1. The van der Waals surface area contributed by atoms with Gasteiger partial charge in [-0.15, -0.1) is 0 Å². The Hall–Kier alpha value is -3.14. The summed E-state index contributed by atoms with van der Waals surface area (Å²) >= 11 is 0. The second-order valence-electron chi connectivity index (χ2n) is 6.15. The molecule has 3 aromatic rings. The summed E-state index contributed by atoms with van der Waals surface area (Å²) in [5.41, 5.74) is 3.02. The van der Waals surface area contributed by atoms with E-state index in [2.05, 4.69) is 18.3 Å². The number of benzene rings is 2. The largest absolute Gasteiger partial charge is 0.457 e. The van der Waals surface area contributed by atoms with Gasteiger partial charge in [-0.05, 0) is 48.9 Å². The van der Waals surface area contributed by atoms with Crippen molar-refractivity contribution in [3.05, 3.63) is 84.2 Å². The highest BCUT2D eigenvalue weighted by molar-refractivity contribution is 5.89. The molecule has 1 aromatic heterocycles. The number of carbonyl (C=O) groups is 1. The van der Waals surface area contributed by atoms with E-state index in [9.17, 15) is 4.79 Å². The van der Waals surface area contributed by atoms with Gasteiger partial charge in [-0.2, -0.15) is 4.57 Å². The molecule has 0 aliphatic heterocycles. The quantitative estimate of drug-likeness (QED) is 0.677. The molecule has 1 heterocycles. The Morgan fingerprint density at radius 3 is 2.35 bits per heavy atom. The standard InChI is InChI=1S/C22H22N2O2/c1-3-18-10-9-17(2)24(15-18)16-22(25)23-19-11-13-21(14-12-19)26-20-7-5-4-6-8-20/h4-15H,3,16H2,1-2H3/p+1. The summed E-state index contributed by atoms with van der Waals surface area (Å²) in [4.78, 5) is 12.3. The molecule has 2 aromatic carbocycles. The first kappa shape index (κ1) is 17.7. The Bertz CT molecular complexity index is 874. The zero-order valence-electron chi connectivity index (χ0n) is 15.1. The average Bonchev–Trinajstić information content (AvgIpc) is 2.66. The maximum atomic E-state index is 12.3. The van der Waals surface area contributed by atoms with Gasteiger partial charge in [-0.25, -0.2) is 0 Å². The lowest BCUT2D eigenvalue weighted by Gasteiger charge is -2.08. The highest BCUT2D eigenvalue weighted by atomic mass is 16.5. The van der Waals surface area contributed by atoms with E-state index < -0.39 is 0 Å². The van der Waals surface area contributed by atoms with Gasteiger partial charge in [0, 0.05) is 24.2 Å². The number of hydrogen-bond donors (Lipinski definition) is 1. The molecule has 0 saturated carbocycles. The van der Waals surface area contributed by atoms with Gasteiger partial charge in [0.15, 0.2) is 11.9 Å². The molecule has 1 N–H and O–H groups in total. The molecular weight excluding hydrogens is 324 g/mol. The first-order valence-corrected chi connectivity index (χ1v) is 8.76. The molecule has 0 aliphatic rings. The van der Waals surface area contributed by atoms with Crippen LogP contribution in [0.2, 0.25) is 0 Å². The minimum Gasteiger partial charge on any atom is -0.457 e. The van der Waals surface area contributed by atoms with Crippen molar-refractivity contribution in [2.24, 2.45) is 0 Å². The van der Waals surface area contributed by atoms with Crippen molar-refractivity contribution in [2.75, 3.05) is 5.32 Å². The average molecular weight is 347 g/mol. The molecule has 3 rings (SSSR count). The van der Waals surface area contributed by atoms with Crippen LogP contribution in [0, 0.1) is 6.92 Å². The number of rotatable bonds is 6. The van der Waals surface area contributed by atoms with Crippen molar-refractivity contribution in [3.63, 3.8) is 0 Å². The Balaban J connectivity index is 1.61. The van der Waals surface area contributed by atoms with Crippen LogP contribution in [-0.2, 0) is 17.8 Å². The van der Waals surface area contributed by atoms with Crippen LogP contribution in [0.15, 0.2) is 72.9 Å². The van der Waals surface area contributed by atoms with Gasteiger partial charge in [-0.1, -0.05) is 25.1 Å². The molecule has 0 saturated heterocycles. The number of aromatic nitrogens is 1. The van der Waals surface area contributed by atoms with Crippen LogP contribution in [0.5, 0.6) is 11.5 Å². The second kappa shape index (κ2) is 8.30. The lowest BCUT2D eigenvalue weighted by Crippen LogP contribution is -2.43. The van der Waals surface area contributed by atoms with Gasteiger partial charge >= 0.3 is 0 Å². The molecule has 0 atom stereocenters. The number of nitrogens with zero attached hydrogens (tertiary/aromatic N) is 1. The summed E-state index contributed by atoms with van der Waals surface area (Å²) in [6, 6.07) is 21.1. The molecule has 0 fully saturated rings. The van der Waals surface area contributed by atoms with Crippen LogP contribution in [0.4, 0.5) is 5.69 Å². The number of aryl methyl sites for hydroxylation is 2. The summed E-state index contributed by atoms with van der Waals surface area (Å²) in [5.74, 6) is 1.46. The summed E-state index contributed by atoms with van der Waals surface area (Å²) in [7, 11) is 0. The van der Waals surface area contributed by atoms with Gasteiger partial charge in [0.1, 0.15) is 11.5 Å². The van der Waals surface area contributed by atoms with Crippen molar-refractivity contribution < 1.29 is 14.1 Å². The van der Waals surface area contributed by atoms with Crippen molar-refractivity contribution in [1.82, 2.24) is 0 Å². The zero-order valence-corrected chi connectivity index (χ0v) is 15.1. The molecule has 4 nitrogen and oxygen atoms in total. The van der Waals surface area contributed by atoms with E-state index in [1.807, 2.05) is 78.4 Å². The van der Waals surface area contributed by atoms with Crippen LogP contribution >= 0.6 is 0 Å². The maximum Gasteiger partial charge on any atom is 0.290 e. The highest BCUT2D eigenvalue weighted by Crippen LogP contribution is 2.22. The van der Waals surface area contributed by atoms with Gasteiger partial charge < -0.3 is 10.1 Å². The van der Waals surface area contributed by atoms with E-state index >= 15 is 0 Å². The van der Waals surface area contributed by atoms with E-state index in [0.29, 0.717) is 6.54 Å². The molecule has 132 valence electrons. The first-order valence-electron chi connectivity index (χ1n) is 8.76. The summed E-state index contributed by atoms with van der Waals surface area (Å²) in [5, 5.41) is 2.93. The minimum atomic E-state index is -0.0527. The van der Waals surface area contributed by atoms with Crippen LogP contribution in [0.1, 0.15) is 18.2 Å². The van der Waals surface area contributed by atoms with Crippen molar-refractivity contribution >= 4 is 11.6 Å². The number of pyridine rings is 1. The van der Waals surface area contributed by atoms with Gasteiger partial charge in [0.05, 0.1) is 0 Å². The predicted molar refractivity (Wildman–Crippen MR) is 102 cm³/mol. The normalized spacial score (nSPS) is 10.4. The van der Waals surface area contributed by atoms with E-state index in [-0.39, 0.29) is 5.91 Å². The third-order valence-corrected chi connectivity index (χ3v) is 4.15. The Labute approximate surface area is 154 Å². The van der Waals surface area contributed by atoms with E-state index in [4.69, 9.17) is 4.74 Å². The van der Waals surface area contributed by atoms with Crippen LogP contribution in [0.3, 0.4) is 0 Å². The van der Waals surface area contributed by atoms with Crippen LogP contribution in [-0.4, -0.2) is 5.91 Å². The molecular formula is C22H23N2O2+. The Kier molecular flexibility index (Phi) is 5.64. The second-order valence-corrected chi connectivity index (χ2v) is 6.15. The van der Waals surface area contributed by atoms with Crippen molar-refractivity contribution in [3.8, 4) is 11.5 Å². The topological polar surface area (TPSA) is 42.2 Å². The number of carbonyl (C=O) groups excluding carboxylic acids is 1. The molecule has 0 radical (unpaired) electrons. The van der Waals surface area contributed by atoms with Crippen molar-refractivity contribution in [2.45, 2.75) is 26.8 Å². The number of hydrogen-bond acceptors (Lipinski definition) is 2. The summed E-state index contributed by atoms with van der Waals surface area (Å²) in [6.07, 6.45) is 2.98. The molecule has 0 bridgehead atoms. The van der Waals surface area contributed by atoms with E-state index in [1.54, 1.807) is 0 Å². The zero-order chi connectivity index (χ0) is 18.4. The number of para-hydroxylation sites is 1. The van der Waals surface area contributed by atoms with Crippen LogP contribution < -0.4 is 14.6 Å². The molecule has 0 unspecified atom stereocenters. The molecule has 26 heavy (non-hydrogen) atoms. The molecule has 4 heteroatoms. The van der Waals surface area contributed by atoms with Gasteiger partial charge in [0.25, 0.3) is 5.91 Å². The molecule has 0 spiro atoms. The Morgan fingerprint density at radius 1 is 0.962 bits per heavy atom.